The van der Waals surface area contributed by atoms with Gasteiger partial charge in [-0.05, 0) is 56.9 Å². The zero-order chi connectivity index (χ0) is 15.4. The number of hydrogen-bond donors (Lipinski definition) is 1. The molecule has 21 heavy (non-hydrogen) atoms. The lowest BCUT2D eigenvalue weighted by molar-refractivity contribution is 0.476. The van der Waals surface area contributed by atoms with E-state index < -0.39 is 0 Å². The van der Waals surface area contributed by atoms with E-state index in [2.05, 4.69) is 57.3 Å². The van der Waals surface area contributed by atoms with E-state index in [1.54, 1.807) is 0 Å². The highest BCUT2D eigenvalue weighted by molar-refractivity contribution is 6.31. The average molecular weight is 302 g/mol. The van der Waals surface area contributed by atoms with Crippen molar-refractivity contribution < 1.29 is 0 Å². The first kappa shape index (κ1) is 16.1. The lowest BCUT2D eigenvalue weighted by Gasteiger charge is -2.22. The van der Waals surface area contributed by atoms with Crippen molar-refractivity contribution in [1.82, 2.24) is 5.32 Å². The minimum atomic E-state index is 0.336. The van der Waals surface area contributed by atoms with E-state index in [-0.39, 0.29) is 0 Å². The molecule has 0 aliphatic carbocycles. The predicted molar refractivity (Wildman–Crippen MR) is 92.1 cm³/mol. The van der Waals surface area contributed by atoms with Gasteiger partial charge in [0, 0.05) is 17.1 Å². The van der Waals surface area contributed by atoms with Crippen molar-refractivity contribution in [3.63, 3.8) is 0 Å². The van der Waals surface area contributed by atoms with Crippen molar-refractivity contribution in [2.24, 2.45) is 0 Å². The summed E-state index contributed by atoms with van der Waals surface area (Å²) in [5.74, 6) is 0. The maximum atomic E-state index is 6.24. The van der Waals surface area contributed by atoms with E-state index in [9.17, 15) is 0 Å². The molecule has 2 aromatic rings. The Labute approximate surface area is 133 Å². The van der Waals surface area contributed by atoms with Gasteiger partial charge in [-0.2, -0.15) is 0 Å². The lowest BCUT2D eigenvalue weighted by atomic mass is 9.99. The Kier molecular flexibility index (Phi) is 5.44. The van der Waals surface area contributed by atoms with Gasteiger partial charge in [-0.25, -0.2) is 0 Å². The van der Waals surface area contributed by atoms with Gasteiger partial charge in [0.05, 0.1) is 0 Å². The second kappa shape index (κ2) is 7.11. The highest BCUT2D eigenvalue weighted by atomic mass is 35.5. The smallest absolute Gasteiger partial charge is 0.0438 e. The maximum absolute atomic E-state index is 6.24. The van der Waals surface area contributed by atoms with Crippen molar-refractivity contribution >= 4 is 11.6 Å². The number of nitrogens with one attached hydrogen (secondary N) is 1. The van der Waals surface area contributed by atoms with Crippen molar-refractivity contribution in [1.29, 1.82) is 0 Å². The fourth-order valence-corrected chi connectivity index (χ4v) is 3.09. The first-order chi connectivity index (χ1) is 9.97. The lowest BCUT2D eigenvalue weighted by Crippen LogP contribution is -2.31. The molecule has 2 heteroatoms. The van der Waals surface area contributed by atoms with Crippen LogP contribution in [0.4, 0.5) is 0 Å². The second-order valence-corrected chi connectivity index (χ2v) is 6.35. The molecule has 112 valence electrons. The van der Waals surface area contributed by atoms with Gasteiger partial charge in [0.15, 0.2) is 0 Å². The van der Waals surface area contributed by atoms with Crippen molar-refractivity contribution in [2.45, 2.75) is 46.2 Å². The predicted octanol–water partition coefficient (Wildman–Crippen LogP) is 5.24. The summed E-state index contributed by atoms with van der Waals surface area (Å²) in [6.45, 7) is 8.75. The summed E-state index contributed by atoms with van der Waals surface area (Å²) in [5, 5.41) is 4.53. The Bertz CT molecular complexity index is 606. The molecule has 1 N–H and O–H groups in total. The van der Waals surface area contributed by atoms with Crippen LogP contribution in [0.15, 0.2) is 42.5 Å². The average Bonchev–Trinajstić information content (AvgIpc) is 2.41. The van der Waals surface area contributed by atoms with Crippen LogP contribution in [0, 0.1) is 13.8 Å². The minimum Gasteiger partial charge on any atom is -0.307 e. The van der Waals surface area contributed by atoms with Gasteiger partial charge in [0.2, 0.25) is 0 Å². The van der Waals surface area contributed by atoms with Crippen LogP contribution >= 0.6 is 11.6 Å². The van der Waals surface area contributed by atoms with E-state index in [1.807, 2.05) is 18.2 Å². The van der Waals surface area contributed by atoms with Gasteiger partial charge in [-0.3, -0.25) is 0 Å². The molecule has 0 radical (unpaired) electrons. The summed E-state index contributed by atoms with van der Waals surface area (Å²) in [4.78, 5) is 0. The van der Waals surface area contributed by atoms with Gasteiger partial charge in [-0.1, -0.05) is 53.6 Å². The summed E-state index contributed by atoms with van der Waals surface area (Å²) in [6, 6.07) is 15.4. The quantitative estimate of drug-likeness (QED) is 0.796. The molecule has 2 unspecified atom stereocenters. The van der Waals surface area contributed by atoms with E-state index >= 15 is 0 Å². The van der Waals surface area contributed by atoms with Crippen LogP contribution in [-0.2, 0) is 6.42 Å². The van der Waals surface area contributed by atoms with Gasteiger partial charge >= 0.3 is 0 Å². The monoisotopic (exact) mass is 301 g/mol. The van der Waals surface area contributed by atoms with Gasteiger partial charge in [0.1, 0.15) is 0 Å². The van der Waals surface area contributed by atoms with E-state index in [0.29, 0.717) is 12.1 Å². The Hall–Kier alpha value is -1.31. The van der Waals surface area contributed by atoms with Crippen molar-refractivity contribution in [2.75, 3.05) is 0 Å². The zero-order valence-electron chi connectivity index (χ0n) is 13.3. The SMILES string of the molecule is Cc1ccc(C(C)NC(C)Cc2ccccc2Cl)c(C)c1. The third-order valence-corrected chi connectivity index (χ3v) is 4.28. The van der Waals surface area contributed by atoms with Crippen LogP contribution < -0.4 is 5.32 Å². The molecular weight excluding hydrogens is 278 g/mol. The summed E-state index contributed by atoms with van der Waals surface area (Å²) in [7, 11) is 0. The number of benzene rings is 2. The third kappa shape index (κ3) is 4.33. The summed E-state index contributed by atoms with van der Waals surface area (Å²) >= 11 is 6.24. The van der Waals surface area contributed by atoms with E-state index in [4.69, 9.17) is 11.6 Å². The Morgan fingerprint density at radius 2 is 1.76 bits per heavy atom. The maximum Gasteiger partial charge on any atom is 0.0438 e. The molecule has 0 spiro atoms. The van der Waals surface area contributed by atoms with E-state index in [0.717, 1.165) is 11.4 Å². The normalized spacial score (nSPS) is 14.0. The zero-order valence-corrected chi connectivity index (χ0v) is 14.0. The van der Waals surface area contributed by atoms with Gasteiger partial charge in [0.25, 0.3) is 0 Å². The molecule has 2 aromatic carbocycles. The fourth-order valence-electron chi connectivity index (χ4n) is 2.88. The summed E-state index contributed by atoms with van der Waals surface area (Å²) < 4.78 is 0. The molecule has 0 aromatic heterocycles. The summed E-state index contributed by atoms with van der Waals surface area (Å²) in [6.07, 6.45) is 0.939. The molecule has 0 heterocycles. The molecule has 0 bridgehead atoms. The molecular formula is C19H24ClN. The fraction of sp³-hybridized carbons (Fsp3) is 0.368. The first-order valence-electron chi connectivity index (χ1n) is 7.54. The largest absolute Gasteiger partial charge is 0.307 e. The second-order valence-electron chi connectivity index (χ2n) is 5.94. The van der Waals surface area contributed by atoms with Gasteiger partial charge < -0.3 is 5.32 Å². The first-order valence-corrected chi connectivity index (χ1v) is 7.91. The minimum absolute atomic E-state index is 0.336. The molecule has 2 rings (SSSR count). The van der Waals surface area contributed by atoms with Crippen molar-refractivity contribution in [3.05, 3.63) is 69.7 Å². The van der Waals surface area contributed by atoms with Gasteiger partial charge in [-0.15, -0.1) is 0 Å². The van der Waals surface area contributed by atoms with E-state index in [1.165, 1.54) is 22.3 Å². The van der Waals surface area contributed by atoms with Crippen LogP contribution in [0.2, 0.25) is 5.02 Å². The third-order valence-electron chi connectivity index (χ3n) is 3.91. The highest BCUT2D eigenvalue weighted by Crippen LogP contribution is 2.21. The number of hydrogen-bond acceptors (Lipinski definition) is 1. The molecule has 2 atom stereocenters. The Morgan fingerprint density at radius 1 is 1.05 bits per heavy atom. The van der Waals surface area contributed by atoms with Crippen LogP contribution in [0.5, 0.6) is 0 Å². The molecule has 0 saturated carbocycles. The standard InChI is InChI=1S/C19H24ClN/c1-13-9-10-18(14(2)11-13)16(4)21-15(3)12-17-7-5-6-8-19(17)20/h5-11,15-16,21H,12H2,1-4H3. The molecule has 0 saturated heterocycles. The van der Waals surface area contributed by atoms with Crippen LogP contribution in [0.25, 0.3) is 0 Å². The van der Waals surface area contributed by atoms with Crippen LogP contribution in [0.3, 0.4) is 0 Å². The van der Waals surface area contributed by atoms with Crippen molar-refractivity contribution in [3.8, 4) is 0 Å². The summed E-state index contributed by atoms with van der Waals surface area (Å²) in [5.41, 5.74) is 5.23. The Morgan fingerprint density at radius 3 is 2.43 bits per heavy atom. The Balaban J connectivity index is 2.02. The van der Waals surface area contributed by atoms with Crippen LogP contribution in [-0.4, -0.2) is 6.04 Å². The van der Waals surface area contributed by atoms with Crippen LogP contribution in [0.1, 0.15) is 42.1 Å². The molecule has 0 aliphatic rings. The molecule has 1 nitrogen and oxygen atoms in total. The molecule has 0 aliphatic heterocycles. The molecule has 0 fully saturated rings. The topological polar surface area (TPSA) is 12.0 Å². The number of rotatable bonds is 5. The number of aryl methyl sites for hydroxylation is 2. The highest BCUT2D eigenvalue weighted by Gasteiger charge is 2.13. The molecule has 0 amide bonds. The number of halogens is 1.